The van der Waals surface area contributed by atoms with E-state index >= 15 is 0 Å². The second-order valence-corrected chi connectivity index (χ2v) is 6.21. The minimum Gasteiger partial charge on any atom is -0.459 e. The number of nitrogen functional groups attached to an aromatic ring is 1. The van der Waals surface area contributed by atoms with Crippen molar-refractivity contribution in [2.45, 2.75) is 31.5 Å². The quantitative estimate of drug-likeness (QED) is 0.726. The number of esters is 2. The van der Waals surface area contributed by atoms with Gasteiger partial charge in [-0.1, -0.05) is 18.2 Å². The summed E-state index contributed by atoms with van der Waals surface area (Å²) in [6, 6.07) is 8.01. The van der Waals surface area contributed by atoms with Crippen LogP contribution in [0.3, 0.4) is 0 Å². The molecule has 9 nitrogen and oxygen atoms in total. The zero-order valence-corrected chi connectivity index (χ0v) is 15.2. The molecule has 0 saturated carbocycles. The molecule has 3 rings (SSSR count). The second kappa shape index (κ2) is 8.35. The molecule has 1 aliphatic heterocycles. The van der Waals surface area contributed by atoms with Gasteiger partial charge in [-0.05, 0) is 12.1 Å². The molecule has 29 heavy (non-hydrogen) atoms. The molecule has 1 aromatic carbocycles. The summed E-state index contributed by atoms with van der Waals surface area (Å²) in [6.45, 7) is 0.589. The summed E-state index contributed by atoms with van der Waals surface area (Å²) in [6.07, 6.45) is -5.80. The number of benzene rings is 1. The highest BCUT2D eigenvalue weighted by atomic mass is 19.1. The normalized spacial score (nSPS) is 23.6. The van der Waals surface area contributed by atoms with Crippen LogP contribution >= 0.6 is 0 Å². The SMILES string of the molecule is CC(=O)O[C@H]1[C@@H](F)[C@H](n2cc(F)c(N)nc2=O)O[C@@H]1COC(=O)c1ccccc1. The Morgan fingerprint density at radius 3 is 2.66 bits per heavy atom. The Kier molecular flexibility index (Phi) is 5.87. The Bertz CT molecular complexity index is 968. The predicted molar refractivity (Wildman–Crippen MR) is 94.0 cm³/mol. The first-order valence-electron chi connectivity index (χ1n) is 8.51. The highest BCUT2D eigenvalue weighted by molar-refractivity contribution is 5.89. The van der Waals surface area contributed by atoms with Crippen molar-refractivity contribution in [1.29, 1.82) is 0 Å². The fourth-order valence-electron chi connectivity index (χ4n) is 2.84. The van der Waals surface area contributed by atoms with Crippen molar-refractivity contribution in [3.63, 3.8) is 0 Å². The van der Waals surface area contributed by atoms with Gasteiger partial charge in [0.05, 0.1) is 11.8 Å². The molecule has 2 aromatic rings. The highest BCUT2D eigenvalue weighted by Gasteiger charge is 2.49. The van der Waals surface area contributed by atoms with Crippen molar-refractivity contribution < 1.29 is 32.6 Å². The van der Waals surface area contributed by atoms with Gasteiger partial charge in [0.2, 0.25) is 0 Å². The van der Waals surface area contributed by atoms with Gasteiger partial charge < -0.3 is 19.9 Å². The Morgan fingerprint density at radius 2 is 2.00 bits per heavy atom. The van der Waals surface area contributed by atoms with E-state index in [2.05, 4.69) is 4.98 Å². The fourth-order valence-corrected chi connectivity index (χ4v) is 2.84. The largest absolute Gasteiger partial charge is 0.459 e. The van der Waals surface area contributed by atoms with E-state index in [4.69, 9.17) is 19.9 Å². The zero-order chi connectivity index (χ0) is 21.1. The van der Waals surface area contributed by atoms with Gasteiger partial charge in [0, 0.05) is 6.92 Å². The van der Waals surface area contributed by atoms with Gasteiger partial charge in [-0.15, -0.1) is 0 Å². The molecule has 1 saturated heterocycles. The van der Waals surface area contributed by atoms with Gasteiger partial charge >= 0.3 is 17.6 Å². The van der Waals surface area contributed by atoms with Crippen LogP contribution in [0.25, 0.3) is 0 Å². The van der Waals surface area contributed by atoms with Crippen LogP contribution in [0.1, 0.15) is 23.5 Å². The van der Waals surface area contributed by atoms with E-state index in [0.29, 0.717) is 10.8 Å². The van der Waals surface area contributed by atoms with Gasteiger partial charge in [-0.3, -0.25) is 9.36 Å². The standard InChI is InChI=1S/C18H17F2N3O6/c1-9(24)28-14-12(8-27-17(25)10-5-3-2-4-6-10)29-16(13(14)20)23-7-11(19)15(21)22-18(23)26/h2-7,12-14,16H,8H2,1H3,(H2,21,22,26)/t12-,13-,14-,16-/m1/s1. The number of hydrogen-bond acceptors (Lipinski definition) is 8. The molecule has 4 atom stereocenters. The number of aromatic nitrogens is 2. The summed E-state index contributed by atoms with van der Waals surface area (Å²) in [5, 5.41) is 0. The lowest BCUT2D eigenvalue weighted by Crippen LogP contribution is -2.37. The van der Waals surface area contributed by atoms with Crippen molar-refractivity contribution >= 4 is 17.8 Å². The molecule has 154 valence electrons. The zero-order valence-electron chi connectivity index (χ0n) is 15.2. The van der Waals surface area contributed by atoms with Crippen molar-refractivity contribution in [1.82, 2.24) is 9.55 Å². The van der Waals surface area contributed by atoms with Crippen LogP contribution < -0.4 is 11.4 Å². The first kappa shape index (κ1) is 20.4. The van der Waals surface area contributed by atoms with Crippen molar-refractivity contribution in [3.05, 3.63) is 58.4 Å². The maximum atomic E-state index is 14.9. The molecule has 0 aliphatic carbocycles. The molecule has 0 amide bonds. The maximum Gasteiger partial charge on any atom is 0.351 e. The molecule has 2 heterocycles. The van der Waals surface area contributed by atoms with E-state index < -0.39 is 60.5 Å². The Labute approximate surface area is 163 Å². The van der Waals surface area contributed by atoms with Crippen LogP contribution in [0.2, 0.25) is 0 Å². The average molecular weight is 409 g/mol. The van der Waals surface area contributed by atoms with Gasteiger partial charge in [-0.2, -0.15) is 4.98 Å². The molecule has 0 radical (unpaired) electrons. The van der Waals surface area contributed by atoms with Gasteiger partial charge in [0.25, 0.3) is 0 Å². The minimum absolute atomic E-state index is 0.254. The molecule has 0 bridgehead atoms. The molecule has 1 aliphatic rings. The Hall–Kier alpha value is -3.34. The third-order valence-corrected chi connectivity index (χ3v) is 4.17. The van der Waals surface area contributed by atoms with Crippen LogP contribution in [0.4, 0.5) is 14.6 Å². The van der Waals surface area contributed by atoms with Crippen molar-refractivity contribution in [2.24, 2.45) is 0 Å². The van der Waals surface area contributed by atoms with Crippen LogP contribution in [0, 0.1) is 5.82 Å². The molecular weight excluding hydrogens is 392 g/mol. The molecule has 1 fully saturated rings. The number of rotatable bonds is 5. The molecule has 1 aromatic heterocycles. The summed E-state index contributed by atoms with van der Waals surface area (Å²) in [5.41, 5.74) is 4.42. The van der Waals surface area contributed by atoms with E-state index in [1.807, 2.05) is 0 Å². The number of nitrogens with two attached hydrogens (primary N) is 1. The van der Waals surface area contributed by atoms with Crippen molar-refractivity contribution in [2.75, 3.05) is 12.3 Å². The van der Waals surface area contributed by atoms with Crippen LogP contribution in [-0.4, -0.2) is 46.5 Å². The third kappa shape index (κ3) is 4.40. The highest BCUT2D eigenvalue weighted by Crippen LogP contribution is 2.33. The van der Waals surface area contributed by atoms with Gasteiger partial charge in [0.1, 0.15) is 12.7 Å². The lowest BCUT2D eigenvalue weighted by Gasteiger charge is -2.18. The van der Waals surface area contributed by atoms with Crippen LogP contribution in [0.5, 0.6) is 0 Å². The lowest BCUT2D eigenvalue weighted by atomic mass is 10.1. The number of halogens is 2. The Balaban J connectivity index is 1.80. The number of carbonyl (C=O) groups is 2. The number of ether oxygens (including phenoxy) is 3. The minimum atomic E-state index is -2.05. The summed E-state index contributed by atoms with van der Waals surface area (Å²) in [5.74, 6) is -3.21. The lowest BCUT2D eigenvalue weighted by molar-refractivity contribution is -0.152. The molecule has 0 spiro atoms. The number of alkyl halides is 1. The first-order valence-corrected chi connectivity index (χ1v) is 8.51. The molecular formula is C18H17F2N3O6. The summed E-state index contributed by atoms with van der Waals surface area (Å²) < 4.78 is 44.7. The third-order valence-electron chi connectivity index (χ3n) is 4.17. The van der Waals surface area contributed by atoms with Crippen molar-refractivity contribution in [3.8, 4) is 0 Å². The number of carbonyl (C=O) groups excluding carboxylic acids is 2. The first-order chi connectivity index (χ1) is 13.8. The number of anilines is 1. The van der Waals surface area contributed by atoms with Gasteiger partial charge in [0.15, 0.2) is 30.1 Å². The predicted octanol–water partition coefficient (Wildman–Crippen LogP) is 0.989. The average Bonchev–Trinajstić information content (AvgIpc) is 2.98. The van der Waals surface area contributed by atoms with Crippen LogP contribution in [0.15, 0.2) is 41.3 Å². The maximum absolute atomic E-state index is 14.9. The molecule has 11 heteroatoms. The summed E-state index contributed by atoms with van der Waals surface area (Å²) in [7, 11) is 0. The fraction of sp³-hybridized carbons (Fsp3) is 0.333. The molecule has 0 unspecified atom stereocenters. The van der Waals surface area contributed by atoms with E-state index in [9.17, 15) is 23.2 Å². The summed E-state index contributed by atoms with van der Waals surface area (Å²) >= 11 is 0. The topological polar surface area (TPSA) is 123 Å². The Morgan fingerprint density at radius 1 is 1.31 bits per heavy atom. The number of hydrogen-bond donors (Lipinski definition) is 1. The second-order valence-electron chi connectivity index (χ2n) is 6.21. The van der Waals surface area contributed by atoms with E-state index in [-0.39, 0.29) is 5.56 Å². The van der Waals surface area contributed by atoms with E-state index in [0.717, 1.165) is 6.92 Å². The monoisotopic (exact) mass is 409 g/mol. The summed E-state index contributed by atoms with van der Waals surface area (Å²) in [4.78, 5) is 38.7. The van der Waals surface area contributed by atoms with Gasteiger partial charge in [-0.25, -0.2) is 18.4 Å². The molecule has 2 N–H and O–H groups in total. The van der Waals surface area contributed by atoms with E-state index in [1.165, 1.54) is 12.1 Å². The number of nitrogens with zero attached hydrogens (tertiary/aromatic N) is 2. The smallest absolute Gasteiger partial charge is 0.351 e. The van der Waals surface area contributed by atoms with Crippen LogP contribution in [-0.2, 0) is 19.0 Å². The van der Waals surface area contributed by atoms with E-state index in [1.54, 1.807) is 18.2 Å².